The van der Waals surface area contributed by atoms with E-state index in [2.05, 4.69) is 4.99 Å². The van der Waals surface area contributed by atoms with Gasteiger partial charge in [0.1, 0.15) is 12.4 Å². The maximum Gasteiger partial charge on any atom is 0.326 e. The van der Waals surface area contributed by atoms with Crippen molar-refractivity contribution in [3.8, 4) is 0 Å². The fourth-order valence-electron chi connectivity index (χ4n) is 2.76. The fourth-order valence-corrected chi connectivity index (χ4v) is 3.50. The van der Waals surface area contributed by atoms with E-state index in [1.807, 2.05) is 0 Å². The SMILES string of the molecule is CN1CC(=O)N(CCCC(=O)N=c2sccn2Cc2ccccc2F)C1=O. The number of hydrogen-bond donors (Lipinski definition) is 0. The van der Waals surface area contributed by atoms with Crippen molar-refractivity contribution in [1.82, 2.24) is 14.4 Å². The molecule has 0 atom stereocenters. The van der Waals surface area contributed by atoms with Crippen LogP contribution in [0.4, 0.5) is 9.18 Å². The number of imide groups is 1. The Morgan fingerprint density at radius 2 is 2.07 bits per heavy atom. The summed E-state index contributed by atoms with van der Waals surface area (Å²) in [4.78, 5) is 42.7. The van der Waals surface area contributed by atoms with Crippen LogP contribution in [0.3, 0.4) is 0 Å². The first kappa shape index (κ1) is 19.0. The molecule has 3 rings (SSSR count). The van der Waals surface area contributed by atoms with Crippen LogP contribution in [-0.2, 0) is 16.1 Å². The Kier molecular flexibility index (Phi) is 5.80. The number of benzene rings is 1. The highest BCUT2D eigenvalue weighted by molar-refractivity contribution is 7.07. The number of nitrogens with zero attached hydrogens (tertiary/aromatic N) is 4. The largest absolute Gasteiger partial charge is 0.326 e. The highest BCUT2D eigenvalue weighted by Gasteiger charge is 2.32. The number of halogens is 1. The first-order chi connectivity index (χ1) is 13.0. The van der Waals surface area contributed by atoms with E-state index in [-0.39, 0.29) is 49.7 Å². The highest BCUT2D eigenvalue weighted by atomic mass is 32.1. The molecule has 1 fully saturated rings. The average Bonchev–Trinajstić information content (AvgIpc) is 3.15. The zero-order chi connectivity index (χ0) is 19.4. The minimum atomic E-state index is -0.342. The lowest BCUT2D eigenvalue weighted by Gasteiger charge is -2.12. The van der Waals surface area contributed by atoms with Crippen molar-refractivity contribution in [3.05, 3.63) is 52.0 Å². The molecule has 1 aliphatic rings. The van der Waals surface area contributed by atoms with Gasteiger partial charge >= 0.3 is 6.03 Å². The van der Waals surface area contributed by atoms with Crippen molar-refractivity contribution in [2.45, 2.75) is 19.4 Å². The lowest BCUT2D eigenvalue weighted by Crippen LogP contribution is -2.32. The van der Waals surface area contributed by atoms with Gasteiger partial charge in [-0.3, -0.25) is 14.5 Å². The molecule has 1 saturated heterocycles. The van der Waals surface area contributed by atoms with E-state index >= 15 is 0 Å². The summed E-state index contributed by atoms with van der Waals surface area (Å²) in [6.07, 6.45) is 2.23. The van der Waals surface area contributed by atoms with Crippen LogP contribution < -0.4 is 4.80 Å². The summed E-state index contributed by atoms with van der Waals surface area (Å²) in [5, 5.41) is 1.78. The molecule has 4 amide bonds. The van der Waals surface area contributed by atoms with Gasteiger partial charge in [-0.05, 0) is 12.5 Å². The Hall–Kier alpha value is -2.81. The molecule has 27 heavy (non-hydrogen) atoms. The van der Waals surface area contributed by atoms with Crippen LogP contribution >= 0.6 is 11.3 Å². The lowest BCUT2D eigenvalue weighted by atomic mass is 10.2. The Bertz CT molecular complexity index is 936. The van der Waals surface area contributed by atoms with E-state index in [0.717, 1.165) is 4.90 Å². The minimum Gasteiger partial charge on any atom is -0.319 e. The molecule has 0 spiro atoms. The number of thiazole rings is 1. The molecule has 0 radical (unpaired) electrons. The topological polar surface area (TPSA) is 75.0 Å². The number of urea groups is 1. The fraction of sp³-hybridized carbons (Fsp3) is 0.333. The van der Waals surface area contributed by atoms with Gasteiger partial charge in [-0.15, -0.1) is 11.3 Å². The second kappa shape index (κ2) is 8.26. The highest BCUT2D eigenvalue weighted by Crippen LogP contribution is 2.10. The smallest absolute Gasteiger partial charge is 0.319 e. The molecule has 0 N–H and O–H groups in total. The van der Waals surface area contributed by atoms with Crippen LogP contribution in [0.2, 0.25) is 0 Å². The lowest BCUT2D eigenvalue weighted by molar-refractivity contribution is -0.126. The molecule has 2 heterocycles. The third-order valence-corrected chi connectivity index (χ3v) is 4.98. The first-order valence-electron chi connectivity index (χ1n) is 8.46. The van der Waals surface area contributed by atoms with Crippen molar-refractivity contribution in [2.24, 2.45) is 4.99 Å². The monoisotopic (exact) mass is 390 g/mol. The third kappa shape index (κ3) is 4.48. The third-order valence-electron chi connectivity index (χ3n) is 4.18. The van der Waals surface area contributed by atoms with E-state index in [4.69, 9.17) is 0 Å². The van der Waals surface area contributed by atoms with Crippen molar-refractivity contribution < 1.29 is 18.8 Å². The Morgan fingerprint density at radius 1 is 1.30 bits per heavy atom. The van der Waals surface area contributed by atoms with Gasteiger partial charge in [0, 0.05) is 37.2 Å². The molecular formula is C18H19FN4O3S. The Balaban J connectivity index is 1.60. The summed E-state index contributed by atoms with van der Waals surface area (Å²) in [5.74, 6) is -0.904. The van der Waals surface area contributed by atoms with Crippen LogP contribution in [0, 0.1) is 5.82 Å². The van der Waals surface area contributed by atoms with E-state index < -0.39 is 0 Å². The zero-order valence-electron chi connectivity index (χ0n) is 14.8. The van der Waals surface area contributed by atoms with Gasteiger partial charge < -0.3 is 9.47 Å². The van der Waals surface area contributed by atoms with Crippen molar-refractivity contribution >= 4 is 29.2 Å². The summed E-state index contributed by atoms with van der Waals surface area (Å²) < 4.78 is 15.5. The van der Waals surface area contributed by atoms with Crippen molar-refractivity contribution in [3.63, 3.8) is 0 Å². The first-order valence-corrected chi connectivity index (χ1v) is 9.34. The number of aromatic nitrogens is 1. The molecule has 0 bridgehead atoms. The summed E-state index contributed by atoms with van der Waals surface area (Å²) in [6.45, 7) is 0.552. The quantitative estimate of drug-likeness (QED) is 0.707. The predicted octanol–water partition coefficient (Wildman–Crippen LogP) is 1.84. The second-order valence-electron chi connectivity index (χ2n) is 6.20. The molecule has 0 aliphatic carbocycles. The number of likely N-dealkylation sites (N-methyl/N-ethyl adjacent to an activating group) is 1. The Morgan fingerprint density at radius 3 is 2.78 bits per heavy atom. The maximum atomic E-state index is 13.8. The molecule has 7 nitrogen and oxygen atoms in total. The van der Waals surface area contributed by atoms with Crippen LogP contribution in [0.1, 0.15) is 18.4 Å². The molecule has 1 aromatic carbocycles. The number of carbonyl (C=O) groups is 3. The van der Waals surface area contributed by atoms with E-state index in [1.165, 1.54) is 22.3 Å². The normalized spacial score (nSPS) is 15.1. The molecule has 9 heteroatoms. The standard InChI is InChI=1S/C18H19FN4O3S/c1-21-12-16(25)23(18(21)26)8-4-7-15(24)20-17-22(9-10-27-17)11-13-5-2-3-6-14(13)19/h2-3,5-6,9-10H,4,7-8,11-12H2,1H3. The van der Waals surface area contributed by atoms with Crippen LogP contribution in [0.5, 0.6) is 0 Å². The van der Waals surface area contributed by atoms with Crippen LogP contribution in [0.25, 0.3) is 0 Å². The van der Waals surface area contributed by atoms with Gasteiger partial charge in [-0.1, -0.05) is 18.2 Å². The average molecular weight is 390 g/mol. The van der Waals surface area contributed by atoms with Gasteiger partial charge in [-0.2, -0.15) is 4.99 Å². The predicted molar refractivity (Wildman–Crippen MR) is 97.4 cm³/mol. The summed E-state index contributed by atoms with van der Waals surface area (Å²) in [7, 11) is 1.56. The molecule has 2 aromatic rings. The number of carbonyl (C=O) groups excluding carboxylic acids is 3. The molecule has 1 aromatic heterocycles. The van der Waals surface area contributed by atoms with Gasteiger partial charge in [0.05, 0.1) is 6.54 Å². The summed E-state index contributed by atoms with van der Waals surface area (Å²) in [6, 6.07) is 6.12. The van der Waals surface area contributed by atoms with E-state index in [0.29, 0.717) is 16.8 Å². The summed E-state index contributed by atoms with van der Waals surface area (Å²) in [5.41, 5.74) is 0.514. The van der Waals surface area contributed by atoms with Gasteiger partial charge in [0.15, 0.2) is 4.80 Å². The molecule has 0 unspecified atom stereocenters. The molecule has 142 valence electrons. The molecular weight excluding hydrogens is 371 g/mol. The van der Waals surface area contributed by atoms with Crippen LogP contribution in [-0.4, -0.2) is 52.3 Å². The van der Waals surface area contributed by atoms with Gasteiger partial charge in [0.25, 0.3) is 0 Å². The second-order valence-corrected chi connectivity index (χ2v) is 7.07. The van der Waals surface area contributed by atoms with E-state index in [1.54, 1.807) is 41.4 Å². The number of rotatable bonds is 6. The maximum absolute atomic E-state index is 13.8. The number of amides is 4. The molecule has 1 aliphatic heterocycles. The van der Waals surface area contributed by atoms with Gasteiger partial charge in [-0.25, -0.2) is 9.18 Å². The van der Waals surface area contributed by atoms with Crippen LogP contribution in [0.15, 0.2) is 40.8 Å². The Labute approximate surface area is 159 Å². The van der Waals surface area contributed by atoms with E-state index in [9.17, 15) is 18.8 Å². The summed E-state index contributed by atoms with van der Waals surface area (Å²) >= 11 is 1.29. The van der Waals surface area contributed by atoms with Gasteiger partial charge in [0.2, 0.25) is 11.8 Å². The number of hydrogen-bond acceptors (Lipinski definition) is 4. The zero-order valence-corrected chi connectivity index (χ0v) is 15.6. The van der Waals surface area contributed by atoms with Crippen molar-refractivity contribution in [1.29, 1.82) is 0 Å². The van der Waals surface area contributed by atoms with Crippen molar-refractivity contribution in [2.75, 3.05) is 20.1 Å². The molecule has 0 saturated carbocycles. The minimum absolute atomic E-state index is 0.0718.